The predicted molar refractivity (Wildman–Crippen MR) is 136 cm³/mol. The molecule has 4 nitrogen and oxygen atoms in total. The lowest BCUT2D eigenvalue weighted by molar-refractivity contribution is -0.917. The summed E-state index contributed by atoms with van der Waals surface area (Å²) in [6.45, 7) is 6.93. The smallest absolute Gasteiger partial charge is 0.367 e. The largest absolute Gasteiger partial charge is 0.455 e. The van der Waals surface area contributed by atoms with E-state index in [0.29, 0.717) is 10.9 Å². The molecule has 2 rings (SSSR count). The molecule has 2 aromatic rings. The van der Waals surface area contributed by atoms with E-state index < -0.39 is 6.29 Å². The van der Waals surface area contributed by atoms with Crippen LogP contribution in [-0.4, -0.2) is 36.9 Å². The Morgan fingerprint density at radius 2 is 1.52 bits per heavy atom. The summed E-state index contributed by atoms with van der Waals surface area (Å²) in [7, 11) is 4.13. The Morgan fingerprint density at radius 1 is 0.879 bits per heavy atom. The van der Waals surface area contributed by atoms with Crippen molar-refractivity contribution in [2.45, 2.75) is 91.0 Å². The summed E-state index contributed by atoms with van der Waals surface area (Å²) in [6.07, 6.45) is 8.62. The van der Waals surface area contributed by atoms with Crippen molar-refractivity contribution in [3.8, 4) is 5.75 Å². The highest BCUT2D eigenvalue weighted by Gasteiger charge is 2.34. The molecule has 0 radical (unpaired) electrons. The number of hydrogen-bond acceptors (Lipinski definition) is 3. The Balaban J connectivity index is 1.93. The maximum atomic E-state index is 13.0. The topological polar surface area (TPSA) is 35.5 Å². The molecule has 0 fully saturated rings. The van der Waals surface area contributed by atoms with Crippen molar-refractivity contribution in [3.05, 3.63) is 65.7 Å². The quantitative estimate of drug-likeness (QED) is 0.127. The molecule has 0 spiro atoms. The van der Waals surface area contributed by atoms with Gasteiger partial charge < -0.3 is 14.0 Å². The molecule has 0 bridgehead atoms. The molecular formula is C29H44NO3+. The van der Waals surface area contributed by atoms with Gasteiger partial charge in [0.25, 0.3) is 0 Å². The number of nitrogens with zero attached hydrogens (tertiary/aromatic N) is 1. The average molecular weight is 455 g/mol. The van der Waals surface area contributed by atoms with Gasteiger partial charge in [-0.05, 0) is 31.4 Å². The summed E-state index contributed by atoms with van der Waals surface area (Å²) in [5.41, 5.74) is 2.39. The maximum absolute atomic E-state index is 13.0. The minimum atomic E-state index is -0.581. The second kappa shape index (κ2) is 14.0. The van der Waals surface area contributed by atoms with Gasteiger partial charge in [-0.3, -0.25) is 0 Å². The number of carbonyl (C=O) groups excluding carboxylic acids is 1. The van der Waals surface area contributed by atoms with Gasteiger partial charge >= 0.3 is 5.97 Å². The van der Waals surface area contributed by atoms with E-state index in [1.165, 1.54) is 43.2 Å². The molecule has 2 aromatic carbocycles. The van der Waals surface area contributed by atoms with Gasteiger partial charge in [-0.25, -0.2) is 4.79 Å². The van der Waals surface area contributed by atoms with Crippen molar-refractivity contribution in [3.63, 3.8) is 0 Å². The van der Waals surface area contributed by atoms with E-state index in [9.17, 15) is 4.79 Å². The number of aryl methyl sites for hydroxylation is 1. The summed E-state index contributed by atoms with van der Waals surface area (Å²) in [4.78, 5) is 13.0. The third kappa shape index (κ3) is 9.21. The Morgan fingerprint density at radius 3 is 2.21 bits per heavy atom. The van der Waals surface area contributed by atoms with Gasteiger partial charge in [0.2, 0.25) is 6.29 Å². The normalized spacial score (nSPS) is 13.4. The Bertz CT molecular complexity index is 819. The van der Waals surface area contributed by atoms with Crippen molar-refractivity contribution < 1.29 is 18.8 Å². The fraction of sp³-hybridized carbons (Fsp3) is 0.552. The number of likely N-dealkylation sites (N-methyl/N-ethyl adjacent to an activating group) is 1. The second-order valence-electron chi connectivity index (χ2n) is 9.62. The van der Waals surface area contributed by atoms with Gasteiger partial charge in [0, 0.05) is 12.0 Å². The van der Waals surface area contributed by atoms with Gasteiger partial charge in [0.05, 0.1) is 14.1 Å². The summed E-state index contributed by atoms with van der Waals surface area (Å²) < 4.78 is 12.6. The monoisotopic (exact) mass is 454 g/mol. The zero-order valence-electron chi connectivity index (χ0n) is 21.4. The minimum absolute atomic E-state index is 0.226. The summed E-state index contributed by atoms with van der Waals surface area (Å²) in [6, 6.07) is 18.1. The summed E-state index contributed by atoms with van der Waals surface area (Å²) in [5.74, 6) is 0.604. The highest BCUT2D eigenvalue weighted by atomic mass is 16.7. The fourth-order valence-electron chi connectivity index (χ4n) is 3.96. The van der Waals surface area contributed by atoms with Crippen LogP contribution in [0.3, 0.4) is 0 Å². The fourth-order valence-corrected chi connectivity index (χ4v) is 3.96. The number of esters is 1. The molecule has 0 amide bonds. The lowest BCUT2D eigenvalue weighted by Gasteiger charge is -2.35. The third-order valence-corrected chi connectivity index (χ3v) is 6.43. The van der Waals surface area contributed by atoms with Gasteiger partial charge in [0.1, 0.15) is 12.3 Å². The Labute approximate surface area is 201 Å². The van der Waals surface area contributed by atoms with Gasteiger partial charge in [-0.15, -0.1) is 0 Å². The molecule has 33 heavy (non-hydrogen) atoms. The molecule has 182 valence electrons. The first kappa shape index (κ1) is 26.9. The first-order valence-electron chi connectivity index (χ1n) is 12.7. The second-order valence-corrected chi connectivity index (χ2v) is 9.62. The number of ether oxygens (including phenoxy) is 2. The van der Waals surface area contributed by atoms with Gasteiger partial charge in [-0.1, -0.05) is 94.5 Å². The van der Waals surface area contributed by atoms with Crippen LogP contribution in [0.1, 0.15) is 76.8 Å². The van der Waals surface area contributed by atoms with Crippen LogP contribution in [0.5, 0.6) is 5.75 Å². The van der Waals surface area contributed by atoms with Crippen molar-refractivity contribution in [1.82, 2.24) is 0 Å². The SMILES string of the molecule is CCCCCCCCc1ccccc1OC(CC)OC(=O)C(C)[N+](C)(C)Cc1ccccc1. The summed E-state index contributed by atoms with van der Waals surface area (Å²) >= 11 is 0. The van der Waals surface area contributed by atoms with E-state index in [2.05, 4.69) is 45.3 Å². The molecule has 0 heterocycles. The molecule has 2 unspecified atom stereocenters. The van der Waals surface area contributed by atoms with Crippen molar-refractivity contribution in [2.75, 3.05) is 14.1 Å². The standard InChI is InChI=1S/C29H44NO3/c1-6-8-9-10-11-15-20-26-21-16-17-22-27(26)32-28(7-2)33-29(31)24(3)30(4,5)23-25-18-13-12-14-19-25/h12-14,16-19,21-22,24,28H,6-11,15,20,23H2,1-5H3/q+1. The van der Waals surface area contributed by atoms with Crippen LogP contribution in [0.2, 0.25) is 0 Å². The number of carbonyl (C=O) groups is 1. The highest BCUT2D eigenvalue weighted by Crippen LogP contribution is 2.24. The number of para-hydroxylation sites is 1. The van der Waals surface area contributed by atoms with Crippen molar-refractivity contribution in [1.29, 1.82) is 0 Å². The van der Waals surface area contributed by atoms with Crippen LogP contribution in [0.4, 0.5) is 0 Å². The van der Waals surface area contributed by atoms with Crippen LogP contribution in [0.15, 0.2) is 54.6 Å². The molecule has 0 aromatic heterocycles. The Kier molecular flexibility index (Phi) is 11.5. The van der Waals surface area contributed by atoms with Crippen LogP contribution >= 0.6 is 0 Å². The molecule has 0 aliphatic heterocycles. The van der Waals surface area contributed by atoms with Crippen LogP contribution in [-0.2, 0) is 22.5 Å². The van der Waals surface area contributed by atoms with E-state index in [0.717, 1.165) is 25.1 Å². The van der Waals surface area contributed by atoms with Crippen LogP contribution in [0.25, 0.3) is 0 Å². The minimum Gasteiger partial charge on any atom is -0.455 e. The summed E-state index contributed by atoms with van der Waals surface area (Å²) in [5, 5.41) is 0. The molecule has 0 saturated carbocycles. The predicted octanol–water partition coefficient (Wildman–Crippen LogP) is 6.91. The van der Waals surface area contributed by atoms with E-state index in [1.807, 2.05) is 44.2 Å². The Hall–Kier alpha value is -2.33. The van der Waals surface area contributed by atoms with Gasteiger partial charge in [0.15, 0.2) is 6.04 Å². The van der Waals surface area contributed by atoms with E-state index in [-0.39, 0.29) is 12.0 Å². The molecule has 2 atom stereocenters. The highest BCUT2D eigenvalue weighted by molar-refractivity contribution is 5.74. The van der Waals surface area contributed by atoms with Crippen LogP contribution in [0, 0.1) is 0 Å². The first-order chi connectivity index (χ1) is 15.9. The van der Waals surface area contributed by atoms with E-state index in [1.54, 1.807) is 0 Å². The molecule has 0 aliphatic rings. The number of hydrogen-bond donors (Lipinski definition) is 0. The van der Waals surface area contributed by atoms with Crippen molar-refractivity contribution in [2.24, 2.45) is 0 Å². The number of quaternary nitrogens is 1. The lowest BCUT2D eigenvalue weighted by atomic mass is 10.0. The van der Waals surface area contributed by atoms with Crippen molar-refractivity contribution >= 4 is 5.97 Å². The van der Waals surface area contributed by atoms with E-state index in [4.69, 9.17) is 9.47 Å². The zero-order chi connectivity index (χ0) is 24.1. The molecule has 0 N–H and O–H groups in total. The zero-order valence-corrected chi connectivity index (χ0v) is 21.4. The molecular weight excluding hydrogens is 410 g/mol. The maximum Gasteiger partial charge on any atom is 0.367 e. The molecule has 0 saturated heterocycles. The third-order valence-electron chi connectivity index (χ3n) is 6.43. The molecule has 0 aliphatic carbocycles. The number of rotatable bonds is 15. The number of benzene rings is 2. The number of unbranched alkanes of at least 4 members (excludes halogenated alkanes) is 5. The van der Waals surface area contributed by atoms with E-state index >= 15 is 0 Å². The lowest BCUT2D eigenvalue weighted by Crippen LogP contribution is -2.52. The van der Waals surface area contributed by atoms with Gasteiger partial charge in [-0.2, -0.15) is 0 Å². The first-order valence-corrected chi connectivity index (χ1v) is 12.7. The van der Waals surface area contributed by atoms with Crippen LogP contribution < -0.4 is 4.74 Å². The molecule has 4 heteroatoms. The average Bonchev–Trinajstić information content (AvgIpc) is 2.81.